The fourth-order valence-electron chi connectivity index (χ4n) is 7.36. The van der Waals surface area contributed by atoms with Gasteiger partial charge in [0.05, 0.1) is 23.2 Å². The van der Waals surface area contributed by atoms with Gasteiger partial charge in [0.2, 0.25) is 5.69 Å². The van der Waals surface area contributed by atoms with Gasteiger partial charge >= 0.3 is 11.8 Å². The molecule has 0 atom stereocenters. The Hall–Kier alpha value is -7.80. The maximum absolute atomic E-state index is 14.4. The number of carbonyl (C=O) groups is 1. The maximum Gasteiger partial charge on any atom is 0.373 e. The van der Waals surface area contributed by atoms with Crippen LogP contribution >= 0.6 is 11.8 Å². The van der Waals surface area contributed by atoms with Crippen molar-refractivity contribution in [2.75, 3.05) is 62.7 Å². The van der Waals surface area contributed by atoms with E-state index in [4.69, 9.17) is 25.1 Å². The molecule has 4 N–H and O–H groups in total. The molecule has 3 aromatic carbocycles. The molecule has 2 aliphatic rings. The van der Waals surface area contributed by atoms with Crippen LogP contribution in [0.25, 0.3) is 50.5 Å². The Kier molecular flexibility index (Phi) is 12.2. The maximum atomic E-state index is 14.4. The number of nitrogen functional groups attached to an aromatic ring is 1. The van der Waals surface area contributed by atoms with E-state index >= 15 is 0 Å². The fraction of sp³-hybridized carbons (Fsp3) is 0.125. The zero-order valence-corrected chi connectivity index (χ0v) is 35.9. The highest BCUT2D eigenvalue weighted by Crippen LogP contribution is 2.49. The molecule has 0 unspecified atom stereocenters. The number of hydrogen-bond acceptors (Lipinski definition) is 10. The molecule has 0 saturated heterocycles. The summed E-state index contributed by atoms with van der Waals surface area (Å²) in [5, 5.41) is 22.0. The predicted molar refractivity (Wildman–Crippen MR) is 235 cm³/mol. The second-order valence-corrected chi connectivity index (χ2v) is 16.1. The number of carbonyl (C=O) groups excluding carboxylic acids is 3. The second kappa shape index (κ2) is 17.8. The Balaban J connectivity index is 0.00000187. The van der Waals surface area contributed by atoms with Crippen LogP contribution in [0.15, 0.2) is 155 Å². The number of hydrogen-bond donors (Lipinski definition) is 2. The van der Waals surface area contributed by atoms with Crippen molar-refractivity contribution in [1.82, 2.24) is 0 Å². The van der Waals surface area contributed by atoms with Gasteiger partial charge in [-0.2, -0.15) is 23.3 Å². The molecule has 1 aliphatic heterocycles. The molecular formula is C48H45N8O5S+3. The van der Waals surface area contributed by atoms with Crippen molar-refractivity contribution in [3.05, 3.63) is 151 Å². The van der Waals surface area contributed by atoms with Crippen LogP contribution in [0.2, 0.25) is 0 Å². The molecule has 14 heteroatoms. The summed E-state index contributed by atoms with van der Waals surface area (Å²) in [4.78, 5) is 38.5. The number of carboxylic acid groups (broad SMARTS) is 1. The lowest BCUT2D eigenvalue weighted by atomic mass is 9.87. The molecule has 62 heavy (non-hydrogen) atoms. The van der Waals surface area contributed by atoms with E-state index in [0.717, 1.165) is 26.9 Å². The van der Waals surface area contributed by atoms with Crippen LogP contribution in [0.1, 0.15) is 10.4 Å². The molecule has 13 nitrogen and oxygen atoms in total. The number of rotatable bonds is 10. The van der Waals surface area contributed by atoms with Crippen LogP contribution in [-0.4, -0.2) is 54.4 Å². The SMILES string of the molecule is CN(C)c1cc[n+](-c2c(Sc3ccccc3)c(-[n+]3ccc(N(C)C)cc3)c(-[n+]3ccc(N(C)C)cc3)c(C(=O)[O-])c2-c2c3ccc(=[NH2+])cc-3oc3cc(N)ccc23)cc1.O=C=O. The molecule has 1 aliphatic carbocycles. The molecular weight excluding hydrogens is 801 g/mol. The zero-order valence-electron chi connectivity index (χ0n) is 35.1. The van der Waals surface area contributed by atoms with E-state index in [9.17, 15) is 9.90 Å². The molecule has 0 amide bonds. The molecule has 6 aromatic rings. The van der Waals surface area contributed by atoms with E-state index < -0.39 is 5.97 Å². The Morgan fingerprint density at radius 3 is 1.66 bits per heavy atom. The predicted octanol–water partition coefficient (Wildman–Crippen LogP) is 3.41. The molecule has 0 radical (unpaired) electrons. The van der Waals surface area contributed by atoms with Gasteiger partial charge in [-0.3, -0.25) is 5.41 Å². The topological polar surface area (TPSA) is 160 Å². The molecule has 4 heterocycles. The van der Waals surface area contributed by atoms with Gasteiger partial charge in [-0.05, 0) is 30.3 Å². The van der Waals surface area contributed by atoms with E-state index in [-0.39, 0.29) is 11.7 Å². The standard InChI is InChI=1S/C47H43N8O3S.CO2/c1-50(2)32-16-22-53(23-17-32)43-42(47(56)57)41(40-36-14-12-30(48)28-38(36)58-39-29-31(49)13-15-37(39)40)44(54-24-18-33(19-25-54)51(3)4)46(59-35-10-8-7-9-11-35)45(43)55-26-20-34(21-27-55)52(5)6;2-1-3/h7-29H,1-6H3,(H2-2,48,49,56,57);/q+1;/p+2. The number of nitrogens with two attached hydrogens (primary N) is 2. The van der Waals surface area contributed by atoms with Crippen LogP contribution in [0.4, 0.5) is 22.7 Å². The lowest BCUT2D eigenvalue weighted by Gasteiger charge is -2.22. The monoisotopic (exact) mass is 845 g/mol. The number of anilines is 4. The van der Waals surface area contributed by atoms with Crippen molar-refractivity contribution in [3.8, 4) is 39.5 Å². The van der Waals surface area contributed by atoms with Crippen LogP contribution < -0.4 is 50.0 Å². The summed E-state index contributed by atoms with van der Waals surface area (Å²) in [5.41, 5.74) is 13.6. The quantitative estimate of drug-likeness (QED) is 0.119. The van der Waals surface area contributed by atoms with E-state index in [0.29, 0.717) is 61.5 Å². The summed E-state index contributed by atoms with van der Waals surface area (Å²) >= 11 is 1.55. The van der Waals surface area contributed by atoms with E-state index in [1.807, 2.05) is 175 Å². The first-order valence-corrected chi connectivity index (χ1v) is 20.2. The van der Waals surface area contributed by atoms with Crippen LogP contribution in [0, 0.1) is 0 Å². The number of aromatic carboxylic acids is 1. The molecule has 0 saturated carbocycles. The molecule has 310 valence electrons. The average molecular weight is 846 g/mol. The molecule has 0 spiro atoms. The van der Waals surface area contributed by atoms with Crippen molar-refractivity contribution < 1.29 is 43.0 Å². The van der Waals surface area contributed by atoms with Gasteiger partial charge in [0.15, 0.2) is 47.4 Å². The van der Waals surface area contributed by atoms with Gasteiger partial charge in [0.25, 0.3) is 5.69 Å². The van der Waals surface area contributed by atoms with E-state index in [1.165, 1.54) is 0 Å². The Bertz CT molecular complexity index is 2980. The second-order valence-electron chi connectivity index (χ2n) is 15.0. The van der Waals surface area contributed by atoms with E-state index in [1.54, 1.807) is 36.0 Å². The first-order valence-electron chi connectivity index (χ1n) is 19.4. The summed E-state index contributed by atoms with van der Waals surface area (Å²) in [6.07, 6.45) is 11.9. The fourth-order valence-corrected chi connectivity index (χ4v) is 8.49. The summed E-state index contributed by atoms with van der Waals surface area (Å²) in [7, 11) is 11.9. The number of benzene rings is 4. The minimum Gasteiger partial charge on any atom is -0.545 e. The van der Waals surface area contributed by atoms with Crippen LogP contribution in [-0.2, 0) is 9.59 Å². The van der Waals surface area contributed by atoms with Gasteiger partial charge in [-0.1, -0.05) is 30.0 Å². The average Bonchev–Trinajstić information content (AvgIpc) is 3.25. The van der Waals surface area contributed by atoms with Gasteiger partial charge in [0.1, 0.15) is 11.3 Å². The van der Waals surface area contributed by atoms with Gasteiger partial charge in [-0.15, -0.1) is 0 Å². The highest BCUT2D eigenvalue weighted by atomic mass is 32.2. The number of nitrogens with zero attached hydrogens (tertiary/aromatic N) is 6. The lowest BCUT2D eigenvalue weighted by Crippen LogP contribution is -2.45. The van der Waals surface area contributed by atoms with Gasteiger partial charge < -0.3 is 34.8 Å². The normalized spacial score (nSPS) is 10.8. The third kappa shape index (κ3) is 8.33. The molecule has 0 fully saturated rings. The molecule has 0 bridgehead atoms. The number of carboxylic acids is 1. The zero-order chi connectivity index (χ0) is 44.2. The lowest BCUT2D eigenvalue weighted by molar-refractivity contribution is -0.637. The van der Waals surface area contributed by atoms with Gasteiger partial charge in [0, 0.05) is 135 Å². The number of pyridine rings is 3. The number of fused-ring (bicyclic) bond motifs is 2. The minimum atomic E-state index is -1.36. The van der Waals surface area contributed by atoms with Crippen LogP contribution in [0.3, 0.4) is 0 Å². The summed E-state index contributed by atoms with van der Waals surface area (Å²) in [5.74, 6) is -0.886. The minimum absolute atomic E-state index is 0.0224. The highest BCUT2D eigenvalue weighted by molar-refractivity contribution is 7.99. The van der Waals surface area contributed by atoms with Gasteiger partial charge in [-0.25, -0.2) is 0 Å². The van der Waals surface area contributed by atoms with Crippen molar-refractivity contribution in [1.29, 1.82) is 0 Å². The van der Waals surface area contributed by atoms with Crippen LogP contribution in [0.5, 0.6) is 0 Å². The Labute approximate surface area is 362 Å². The number of aromatic nitrogens is 3. The smallest absolute Gasteiger partial charge is 0.373 e. The van der Waals surface area contributed by atoms with Crippen molar-refractivity contribution in [3.63, 3.8) is 0 Å². The molecule has 3 aromatic heterocycles. The largest absolute Gasteiger partial charge is 0.545 e. The summed E-state index contributed by atoms with van der Waals surface area (Å²) in [6.45, 7) is 0. The summed E-state index contributed by atoms with van der Waals surface area (Å²) in [6, 6.07) is 33.0. The van der Waals surface area contributed by atoms with Crippen molar-refractivity contribution in [2.24, 2.45) is 0 Å². The third-order valence-electron chi connectivity index (χ3n) is 10.3. The Morgan fingerprint density at radius 2 is 1.16 bits per heavy atom. The third-order valence-corrected chi connectivity index (χ3v) is 11.4. The van der Waals surface area contributed by atoms with Crippen molar-refractivity contribution in [2.45, 2.75) is 9.79 Å². The first-order chi connectivity index (χ1) is 29.8. The summed E-state index contributed by atoms with van der Waals surface area (Å²) < 4.78 is 12.4. The molecule has 8 rings (SSSR count). The highest BCUT2D eigenvalue weighted by Gasteiger charge is 2.42. The first kappa shape index (κ1) is 42.3. The van der Waals surface area contributed by atoms with Crippen molar-refractivity contribution >= 4 is 57.6 Å². The van der Waals surface area contributed by atoms with E-state index in [2.05, 4.69) is 12.1 Å². The Morgan fingerprint density at radius 1 is 0.661 bits per heavy atom.